The Morgan fingerprint density at radius 3 is 1.15 bits per heavy atom. The van der Waals surface area contributed by atoms with Gasteiger partial charge in [-0.3, -0.25) is 0 Å². The van der Waals surface area contributed by atoms with Crippen LogP contribution in [0.3, 0.4) is 0 Å². The van der Waals surface area contributed by atoms with E-state index in [1.807, 2.05) is 0 Å². The van der Waals surface area contributed by atoms with E-state index in [0.717, 1.165) is 0 Å². The molecule has 2 nitrogen and oxygen atoms in total. The Morgan fingerprint density at radius 2 is 0.885 bits per heavy atom. The van der Waals surface area contributed by atoms with Crippen LogP contribution < -0.4 is 0 Å². The SMILES string of the molecule is CC(C1C(c2ccccc2)C(C(C)=[N+](C)C)C1c1ccccc1)=[N+](C)C. The topological polar surface area (TPSA) is 6.02 Å². The fourth-order valence-corrected chi connectivity index (χ4v) is 4.56. The maximum atomic E-state index is 2.30. The van der Waals surface area contributed by atoms with Crippen molar-refractivity contribution >= 4 is 11.4 Å². The normalized spacial score (nSPS) is 24.5. The van der Waals surface area contributed by atoms with Gasteiger partial charge in [-0.2, -0.15) is 0 Å². The van der Waals surface area contributed by atoms with Crippen LogP contribution in [0.25, 0.3) is 0 Å². The van der Waals surface area contributed by atoms with Gasteiger partial charge in [0.15, 0.2) is 11.4 Å². The van der Waals surface area contributed by atoms with Gasteiger partial charge in [0.2, 0.25) is 0 Å². The summed E-state index contributed by atoms with van der Waals surface area (Å²) in [5.74, 6) is 2.09. The highest BCUT2D eigenvalue weighted by Crippen LogP contribution is 2.58. The minimum Gasteiger partial charge on any atom is -0.242 e. The summed E-state index contributed by atoms with van der Waals surface area (Å²) in [6.45, 7) is 4.61. The highest BCUT2D eigenvalue weighted by molar-refractivity contribution is 5.91. The van der Waals surface area contributed by atoms with Gasteiger partial charge in [-0.25, -0.2) is 9.15 Å². The Labute approximate surface area is 158 Å². The Hall–Kier alpha value is -2.22. The largest absolute Gasteiger partial charge is 0.242 e. The second-order valence-corrected chi connectivity index (χ2v) is 8.00. The molecule has 2 heteroatoms. The van der Waals surface area contributed by atoms with Crippen LogP contribution in [-0.2, 0) is 0 Å². The summed E-state index contributed by atoms with van der Waals surface area (Å²) >= 11 is 0. The monoisotopic (exact) mass is 348 g/mol. The molecule has 0 spiro atoms. The average molecular weight is 349 g/mol. The molecule has 0 unspecified atom stereocenters. The first-order valence-corrected chi connectivity index (χ1v) is 9.55. The molecule has 2 aromatic rings. The Balaban J connectivity index is 2.16. The first-order valence-electron chi connectivity index (χ1n) is 9.55. The van der Waals surface area contributed by atoms with E-state index in [0.29, 0.717) is 23.7 Å². The molecule has 0 heterocycles. The lowest BCUT2D eigenvalue weighted by molar-refractivity contribution is -0.471. The number of hydrogen-bond acceptors (Lipinski definition) is 0. The fourth-order valence-electron chi connectivity index (χ4n) is 4.56. The van der Waals surface area contributed by atoms with Gasteiger partial charge in [0.1, 0.15) is 28.2 Å². The molecular weight excluding hydrogens is 316 g/mol. The van der Waals surface area contributed by atoms with Crippen LogP contribution in [0.1, 0.15) is 36.8 Å². The average Bonchev–Trinajstić information content (AvgIpc) is 2.62. The van der Waals surface area contributed by atoms with E-state index in [4.69, 9.17) is 0 Å². The van der Waals surface area contributed by atoms with E-state index in [2.05, 4.69) is 112 Å². The molecule has 1 fully saturated rings. The molecule has 1 aliphatic rings. The summed E-state index contributed by atoms with van der Waals surface area (Å²) in [5, 5.41) is 0. The van der Waals surface area contributed by atoms with Gasteiger partial charge < -0.3 is 0 Å². The quantitative estimate of drug-likeness (QED) is 0.575. The lowest BCUT2D eigenvalue weighted by Crippen LogP contribution is -2.52. The molecule has 0 atom stereocenters. The Morgan fingerprint density at radius 1 is 0.577 bits per heavy atom. The zero-order valence-electron chi connectivity index (χ0n) is 17.0. The predicted octanol–water partition coefficient (Wildman–Crippen LogP) is 4.27. The fraction of sp³-hybridized carbons (Fsp3) is 0.417. The molecule has 0 saturated heterocycles. The van der Waals surface area contributed by atoms with Gasteiger partial charge in [0.25, 0.3) is 0 Å². The van der Waals surface area contributed by atoms with Crippen molar-refractivity contribution in [3.05, 3.63) is 71.8 Å². The summed E-state index contributed by atoms with van der Waals surface area (Å²) in [6, 6.07) is 22.2. The molecule has 0 bridgehead atoms. The molecule has 26 heavy (non-hydrogen) atoms. The van der Waals surface area contributed by atoms with Gasteiger partial charge >= 0.3 is 0 Å². The molecule has 0 aromatic heterocycles. The van der Waals surface area contributed by atoms with E-state index in [9.17, 15) is 0 Å². The smallest absolute Gasteiger partial charge is 0.153 e. The van der Waals surface area contributed by atoms with Crippen LogP contribution in [0.4, 0.5) is 0 Å². The second-order valence-electron chi connectivity index (χ2n) is 8.00. The summed E-state index contributed by atoms with van der Waals surface area (Å²) in [6.07, 6.45) is 0. The molecule has 3 rings (SSSR count). The molecule has 2 aromatic carbocycles. The molecule has 0 amide bonds. The van der Waals surface area contributed by atoms with Gasteiger partial charge in [-0.05, 0) is 11.1 Å². The lowest BCUT2D eigenvalue weighted by Gasteiger charge is -2.50. The third-order valence-electron chi connectivity index (χ3n) is 6.29. The predicted molar refractivity (Wildman–Crippen MR) is 111 cm³/mol. The van der Waals surface area contributed by atoms with Crippen LogP contribution in [0.15, 0.2) is 60.7 Å². The van der Waals surface area contributed by atoms with Crippen molar-refractivity contribution in [2.75, 3.05) is 28.2 Å². The Bertz CT molecular complexity index is 730. The minimum atomic E-state index is 0.520. The molecule has 136 valence electrons. The Kier molecular flexibility index (Phi) is 5.41. The summed E-state index contributed by atoms with van der Waals surface area (Å²) in [4.78, 5) is 0. The van der Waals surface area contributed by atoms with E-state index in [-0.39, 0.29) is 0 Å². The van der Waals surface area contributed by atoms with Crippen LogP contribution in [0, 0.1) is 11.8 Å². The van der Waals surface area contributed by atoms with Crippen LogP contribution in [0.5, 0.6) is 0 Å². The van der Waals surface area contributed by atoms with E-state index >= 15 is 0 Å². The third kappa shape index (κ3) is 3.25. The van der Waals surface area contributed by atoms with E-state index in [1.165, 1.54) is 22.6 Å². The minimum absolute atomic E-state index is 0.520. The summed E-state index contributed by atoms with van der Waals surface area (Å²) < 4.78 is 4.61. The van der Waals surface area contributed by atoms with Crippen molar-refractivity contribution in [1.29, 1.82) is 0 Å². The number of nitrogens with zero attached hydrogens (tertiary/aromatic N) is 2. The lowest BCUT2D eigenvalue weighted by atomic mass is 9.50. The van der Waals surface area contributed by atoms with E-state index < -0.39 is 0 Å². The van der Waals surface area contributed by atoms with Gasteiger partial charge in [-0.1, -0.05) is 60.7 Å². The highest BCUT2D eigenvalue weighted by Gasteiger charge is 2.57. The van der Waals surface area contributed by atoms with Crippen LogP contribution in [0.2, 0.25) is 0 Å². The molecular formula is C24H32N2+2. The van der Waals surface area contributed by atoms with Crippen molar-refractivity contribution < 1.29 is 9.15 Å². The van der Waals surface area contributed by atoms with Crippen LogP contribution >= 0.6 is 0 Å². The van der Waals surface area contributed by atoms with Gasteiger partial charge in [-0.15, -0.1) is 0 Å². The van der Waals surface area contributed by atoms with Crippen molar-refractivity contribution in [2.24, 2.45) is 11.8 Å². The number of benzene rings is 2. The number of hydrogen-bond donors (Lipinski definition) is 0. The third-order valence-corrected chi connectivity index (χ3v) is 6.29. The van der Waals surface area contributed by atoms with Gasteiger partial charge in [0, 0.05) is 25.7 Å². The van der Waals surface area contributed by atoms with Crippen molar-refractivity contribution in [1.82, 2.24) is 0 Å². The maximum Gasteiger partial charge on any atom is 0.153 e. The second kappa shape index (κ2) is 7.57. The first-order chi connectivity index (χ1) is 12.4. The first kappa shape index (κ1) is 18.6. The maximum absolute atomic E-state index is 2.30. The molecule has 0 aliphatic heterocycles. The molecule has 1 aliphatic carbocycles. The zero-order chi connectivity index (χ0) is 18.8. The standard InChI is InChI=1S/C24H32N2/c1-17(25(3)4)21-23(19-13-9-7-10-14-19)22(18(2)26(5)6)24(21)20-15-11-8-12-16-20/h7-16,21-24H,1-6H3/q+2. The van der Waals surface area contributed by atoms with Crippen molar-refractivity contribution in [3.8, 4) is 0 Å². The van der Waals surface area contributed by atoms with Crippen molar-refractivity contribution in [2.45, 2.75) is 25.7 Å². The molecule has 0 N–H and O–H groups in total. The summed E-state index contributed by atoms with van der Waals surface area (Å²) in [7, 11) is 8.70. The van der Waals surface area contributed by atoms with Crippen LogP contribution in [-0.4, -0.2) is 48.8 Å². The molecule has 0 radical (unpaired) electrons. The highest BCUT2D eigenvalue weighted by atomic mass is 15.0. The van der Waals surface area contributed by atoms with Crippen molar-refractivity contribution in [3.63, 3.8) is 0 Å². The zero-order valence-corrected chi connectivity index (χ0v) is 17.0. The van der Waals surface area contributed by atoms with Gasteiger partial charge in [0.05, 0.1) is 11.8 Å². The van der Waals surface area contributed by atoms with E-state index in [1.54, 1.807) is 0 Å². The summed E-state index contributed by atoms with van der Waals surface area (Å²) in [5.41, 5.74) is 5.85. The molecule has 1 saturated carbocycles. The number of rotatable bonds is 4.